The number of ether oxygens (including phenoxy) is 1. The lowest BCUT2D eigenvalue weighted by atomic mass is 10.1. The molecule has 0 bridgehead atoms. The van der Waals surface area contributed by atoms with E-state index in [1.165, 1.54) is 31.3 Å². The van der Waals surface area contributed by atoms with Crippen LogP contribution in [0.5, 0.6) is 0 Å². The van der Waals surface area contributed by atoms with Crippen molar-refractivity contribution in [2.75, 3.05) is 13.2 Å². The molecule has 0 saturated carbocycles. The minimum Gasteiger partial charge on any atom is -0.373 e. The standard InChI is InChI=1S/C12H22O/c1-4-6-7-8-9-12(3)11-13-10-5-2/h5H,2-4,6-11H2,1H3. The van der Waals surface area contributed by atoms with Gasteiger partial charge in [-0.05, 0) is 12.8 Å². The number of unbranched alkanes of at least 4 members (excludes halogenated alkanes) is 3. The molecule has 0 rings (SSSR count). The number of rotatable bonds is 9. The van der Waals surface area contributed by atoms with Crippen LogP contribution in [0.25, 0.3) is 0 Å². The van der Waals surface area contributed by atoms with Gasteiger partial charge in [-0.25, -0.2) is 0 Å². The van der Waals surface area contributed by atoms with Gasteiger partial charge in [0.15, 0.2) is 0 Å². The van der Waals surface area contributed by atoms with Gasteiger partial charge in [-0.2, -0.15) is 0 Å². The third-order valence-corrected chi connectivity index (χ3v) is 1.93. The van der Waals surface area contributed by atoms with Crippen molar-refractivity contribution in [2.45, 2.75) is 39.0 Å². The average Bonchev–Trinajstić information content (AvgIpc) is 2.13. The molecule has 0 saturated heterocycles. The predicted molar refractivity (Wildman–Crippen MR) is 58.9 cm³/mol. The summed E-state index contributed by atoms with van der Waals surface area (Å²) in [7, 11) is 0. The molecule has 0 spiro atoms. The molecule has 1 nitrogen and oxygen atoms in total. The third-order valence-electron chi connectivity index (χ3n) is 1.93. The zero-order valence-corrected chi connectivity index (χ0v) is 8.85. The first kappa shape index (κ1) is 12.4. The SMILES string of the molecule is C=CCOCC(=C)CCCCCC. The second-order valence-corrected chi connectivity index (χ2v) is 3.36. The van der Waals surface area contributed by atoms with Crippen molar-refractivity contribution in [3.63, 3.8) is 0 Å². The van der Waals surface area contributed by atoms with Crippen molar-refractivity contribution < 1.29 is 4.74 Å². The molecule has 76 valence electrons. The minimum atomic E-state index is 0.633. The molecule has 13 heavy (non-hydrogen) atoms. The van der Waals surface area contributed by atoms with Crippen molar-refractivity contribution in [3.05, 3.63) is 24.8 Å². The van der Waals surface area contributed by atoms with Crippen molar-refractivity contribution in [1.82, 2.24) is 0 Å². The summed E-state index contributed by atoms with van der Waals surface area (Å²) in [5, 5.41) is 0. The van der Waals surface area contributed by atoms with Gasteiger partial charge in [-0.3, -0.25) is 0 Å². The maximum absolute atomic E-state index is 5.28. The first-order valence-electron chi connectivity index (χ1n) is 5.16. The van der Waals surface area contributed by atoms with E-state index in [9.17, 15) is 0 Å². The maximum atomic E-state index is 5.28. The van der Waals surface area contributed by atoms with Crippen LogP contribution in [0.1, 0.15) is 39.0 Å². The summed E-state index contributed by atoms with van der Waals surface area (Å²) < 4.78 is 5.28. The van der Waals surface area contributed by atoms with E-state index in [1.807, 2.05) is 0 Å². The van der Waals surface area contributed by atoms with E-state index in [-0.39, 0.29) is 0 Å². The molecule has 0 fully saturated rings. The average molecular weight is 182 g/mol. The lowest BCUT2D eigenvalue weighted by molar-refractivity contribution is 0.184. The van der Waals surface area contributed by atoms with E-state index in [0.717, 1.165) is 6.42 Å². The lowest BCUT2D eigenvalue weighted by Crippen LogP contribution is -1.97. The zero-order valence-electron chi connectivity index (χ0n) is 8.85. The summed E-state index contributed by atoms with van der Waals surface area (Å²) in [6, 6.07) is 0. The minimum absolute atomic E-state index is 0.633. The Hall–Kier alpha value is -0.560. The fourth-order valence-electron chi connectivity index (χ4n) is 1.16. The molecule has 0 amide bonds. The Morgan fingerprint density at radius 2 is 2.08 bits per heavy atom. The second kappa shape index (κ2) is 9.53. The van der Waals surface area contributed by atoms with E-state index in [0.29, 0.717) is 13.2 Å². The van der Waals surface area contributed by atoms with Crippen molar-refractivity contribution in [1.29, 1.82) is 0 Å². The van der Waals surface area contributed by atoms with E-state index < -0.39 is 0 Å². The van der Waals surface area contributed by atoms with Crippen LogP contribution in [0.4, 0.5) is 0 Å². The number of hydrogen-bond acceptors (Lipinski definition) is 1. The molecule has 0 aliphatic carbocycles. The molecule has 0 atom stereocenters. The Bertz CT molecular complexity index is 138. The van der Waals surface area contributed by atoms with Crippen LogP contribution < -0.4 is 0 Å². The summed E-state index contributed by atoms with van der Waals surface area (Å²) in [5.41, 5.74) is 1.21. The van der Waals surface area contributed by atoms with Gasteiger partial charge in [-0.1, -0.05) is 44.4 Å². The Morgan fingerprint density at radius 3 is 2.69 bits per heavy atom. The molecule has 0 aromatic heterocycles. The van der Waals surface area contributed by atoms with Gasteiger partial charge >= 0.3 is 0 Å². The smallest absolute Gasteiger partial charge is 0.0678 e. The summed E-state index contributed by atoms with van der Waals surface area (Å²) in [4.78, 5) is 0. The van der Waals surface area contributed by atoms with Crippen LogP contribution in [-0.2, 0) is 4.74 Å². The Morgan fingerprint density at radius 1 is 1.31 bits per heavy atom. The van der Waals surface area contributed by atoms with Gasteiger partial charge in [0.1, 0.15) is 0 Å². The molecule has 0 aliphatic rings. The third kappa shape index (κ3) is 9.35. The number of hydrogen-bond donors (Lipinski definition) is 0. The normalized spacial score (nSPS) is 9.92. The first-order chi connectivity index (χ1) is 6.31. The highest BCUT2D eigenvalue weighted by atomic mass is 16.5. The largest absolute Gasteiger partial charge is 0.373 e. The van der Waals surface area contributed by atoms with Crippen LogP contribution in [0.15, 0.2) is 24.8 Å². The zero-order chi connectivity index (χ0) is 9.94. The fraction of sp³-hybridized carbons (Fsp3) is 0.667. The quantitative estimate of drug-likeness (QED) is 0.390. The monoisotopic (exact) mass is 182 g/mol. The predicted octanol–water partition coefficient (Wildman–Crippen LogP) is 3.72. The van der Waals surface area contributed by atoms with Gasteiger partial charge in [0.25, 0.3) is 0 Å². The summed E-state index contributed by atoms with van der Waals surface area (Å²) >= 11 is 0. The Labute approximate surface area is 82.5 Å². The molecule has 0 aromatic rings. The summed E-state index contributed by atoms with van der Waals surface area (Å²) in [6.45, 7) is 11.1. The summed E-state index contributed by atoms with van der Waals surface area (Å²) in [6.07, 6.45) is 8.07. The van der Waals surface area contributed by atoms with Crippen LogP contribution >= 0.6 is 0 Å². The molecular formula is C12H22O. The molecular weight excluding hydrogens is 160 g/mol. The maximum Gasteiger partial charge on any atom is 0.0678 e. The van der Waals surface area contributed by atoms with E-state index in [2.05, 4.69) is 20.1 Å². The van der Waals surface area contributed by atoms with Crippen molar-refractivity contribution in [2.24, 2.45) is 0 Å². The van der Waals surface area contributed by atoms with Crippen molar-refractivity contribution >= 4 is 0 Å². The van der Waals surface area contributed by atoms with Gasteiger partial charge in [0.2, 0.25) is 0 Å². The highest BCUT2D eigenvalue weighted by molar-refractivity contribution is 4.94. The molecule has 0 aliphatic heterocycles. The van der Waals surface area contributed by atoms with Crippen LogP contribution in [-0.4, -0.2) is 13.2 Å². The van der Waals surface area contributed by atoms with Gasteiger partial charge in [0, 0.05) is 0 Å². The molecule has 0 unspecified atom stereocenters. The van der Waals surface area contributed by atoms with Gasteiger partial charge in [-0.15, -0.1) is 6.58 Å². The summed E-state index contributed by atoms with van der Waals surface area (Å²) in [5.74, 6) is 0. The van der Waals surface area contributed by atoms with Crippen molar-refractivity contribution in [3.8, 4) is 0 Å². The van der Waals surface area contributed by atoms with Crippen LogP contribution in [0.2, 0.25) is 0 Å². The lowest BCUT2D eigenvalue weighted by Gasteiger charge is -2.04. The highest BCUT2D eigenvalue weighted by Gasteiger charge is 1.94. The first-order valence-corrected chi connectivity index (χ1v) is 5.16. The van der Waals surface area contributed by atoms with E-state index in [4.69, 9.17) is 4.74 Å². The van der Waals surface area contributed by atoms with Crippen LogP contribution in [0, 0.1) is 0 Å². The molecule has 0 N–H and O–H groups in total. The molecule has 1 heteroatoms. The van der Waals surface area contributed by atoms with E-state index >= 15 is 0 Å². The topological polar surface area (TPSA) is 9.23 Å². The Balaban J connectivity index is 3.15. The van der Waals surface area contributed by atoms with Gasteiger partial charge < -0.3 is 4.74 Å². The molecule has 0 radical (unpaired) electrons. The molecule has 0 heterocycles. The highest BCUT2D eigenvalue weighted by Crippen LogP contribution is 2.08. The van der Waals surface area contributed by atoms with E-state index in [1.54, 1.807) is 6.08 Å². The second-order valence-electron chi connectivity index (χ2n) is 3.36. The molecule has 0 aromatic carbocycles. The van der Waals surface area contributed by atoms with Gasteiger partial charge in [0.05, 0.1) is 13.2 Å². The fourth-order valence-corrected chi connectivity index (χ4v) is 1.16. The Kier molecular flexibility index (Phi) is 9.12. The van der Waals surface area contributed by atoms with Crippen LogP contribution in [0.3, 0.4) is 0 Å².